The molecule has 164 valence electrons. The minimum absolute atomic E-state index is 0.169. The third-order valence-corrected chi connectivity index (χ3v) is 7.42. The van der Waals surface area contributed by atoms with E-state index in [0.717, 1.165) is 33.8 Å². The summed E-state index contributed by atoms with van der Waals surface area (Å²) in [5.74, 6) is 0.510. The molecule has 4 rings (SSSR count). The van der Waals surface area contributed by atoms with E-state index >= 15 is 0 Å². The molecule has 0 atom stereocenters. The van der Waals surface area contributed by atoms with Crippen molar-refractivity contribution >= 4 is 56.3 Å². The lowest BCUT2D eigenvalue weighted by Crippen LogP contribution is -2.61. The zero-order chi connectivity index (χ0) is 22.0. The number of nitrogens with zero attached hydrogens (tertiary/aromatic N) is 2. The molecule has 1 aromatic carbocycles. The van der Waals surface area contributed by atoms with Gasteiger partial charge in [0.25, 0.3) is 5.91 Å². The number of morpholine rings is 1. The van der Waals surface area contributed by atoms with Gasteiger partial charge < -0.3 is 20.3 Å². The number of amidine groups is 1. The van der Waals surface area contributed by atoms with E-state index in [1.165, 1.54) is 11.3 Å². The number of carbonyl (C=O) groups is 2. The number of aryl methyl sites for hydroxylation is 1. The average molecular weight is 505 g/mol. The summed E-state index contributed by atoms with van der Waals surface area (Å²) in [4.78, 5) is 32.8. The summed E-state index contributed by atoms with van der Waals surface area (Å²) in [5, 5.41) is 5.98. The highest BCUT2D eigenvalue weighted by Crippen LogP contribution is 2.35. The van der Waals surface area contributed by atoms with Gasteiger partial charge in [-0.3, -0.25) is 14.6 Å². The Morgan fingerprint density at radius 3 is 2.68 bits per heavy atom. The van der Waals surface area contributed by atoms with Crippen LogP contribution in [0, 0.1) is 6.92 Å². The lowest BCUT2D eigenvalue weighted by atomic mass is 9.75. The molecule has 7 nitrogen and oxygen atoms in total. The summed E-state index contributed by atoms with van der Waals surface area (Å²) in [6, 6.07) is 9.45. The second kappa shape index (κ2) is 9.10. The van der Waals surface area contributed by atoms with Crippen molar-refractivity contribution in [3.05, 3.63) is 44.6 Å². The number of hydrogen-bond acceptors (Lipinski definition) is 5. The molecule has 0 spiro atoms. The number of rotatable bonds is 5. The maximum atomic E-state index is 13.1. The number of anilines is 2. The molecule has 1 aliphatic carbocycles. The van der Waals surface area contributed by atoms with Gasteiger partial charge in [0.05, 0.1) is 15.3 Å². The number of nitrogens with one attached hydrogen (secondary N) is 2. The first-order chi connectivity index (χ1) is 14.9. The fraction of sp³-hybridized carbons (Fsp3) is 0.409. The number of thiophene rings is 1. The van der Waals surface area contributed by atoms with Crippen molar-refractivity contribution in [3.63, 3.8) is 0 Å². The van der Waals surface area contributed by atoms with Gasteiger partial charge in [-0.15, -0.1) is 11.3 Å². The summed E-state index contributed by atoms with van der Waals surface area (Å²) >= 11 is 4.73. The second-order valence-corrected chi connectivity index (χ2v) is 10.3. The molecule has 1 saturated heterocycles. The maximum absolute atomic E-state index is 13.1. The Bertz CT molecular complexity index is 1030. The maximum Gasteiger partial charge on any atom is 0.262 e. The van der Waals surface area contributed by atoms with Crippen LogP contribution >= 0.6 is 27.3 Å². The summed E-state index contributed by atoms with van der Waals surface area (Å²) in [6.07, 6.45) is 2.19. The van der Waals surface area contributed by atoms with Crippen LogP contribution in [-0.2, 0) is 9.53 Å². The molecule has 0 radical (unpaired) electrons. The predicted octanol–water partition coefficient (Wildman–Crippen LogP) is 3.98. The van der Waals surface area contributed by atoms with Gasteiger partial charge in [-0.05, 0) is 78.0 Å². The predicted molar refractivity (Wildman–Crippen MR) is 127 cm³/mol. The van der Waals surface area contributed by atoms with E-state index < -0.39 is 5.54 Å². The third-order valence-electron chi connectivity index (χ3n) is 5.80. The van der Waals surface area contributed by atoms with Crippen molar-refractivity contribution in [2.75, 3.05) is 37.0 Å². The number of amides is 2. The molecule has 1 saturated carbocycles. The van der Waals surface area contributed by atoms with Crippen LogP contribution in [0.15, 0.2) is 39.1 Å². The van der Waals surface area contributed by atoms with Crippen molar-refractivity contribution in [1.29, 1.82) is 0 Å². The number of hydrogen-bond donors (Lipinski definition) is 2. The fourth-order valence-corrected chi connectivity index (χ4v) is 5.19. The number of halogens is 1. The van der Waals surface area contributed by atoms with Gasteiger partial charge in [-0.2, -0.15) is 0 Å². The molecule has 31 heavy (non-hydrogen) atoms. The van der Waals surface area contributed by atoms with Crippen LogP contribution in [0.3, 0.4) is 0 Å². The van der Waals surface area contributed by atoms with Gasteiger partial charge in [-0.1, -0.05) is 0 Å². The first kappa shape index (κ1) is 22.0. The molecule has 2 N–H and O–H groups in total. The first-order valence-corrected chi connectivity index (χ1v) is 11.8. The Kier molecular flexibility index (Phi) is 6.45. The fourth-order valence-electron chi connectivity index (χ4n) is 3.91. The lowest BCUT2D eigenvalue weighted by molar-refractivity contribution is -0.125. The number of aliphatic imine (C=N–C) groups is 1. The van der Waals surface area contributed by atoms with Crippen LogP contribution in [0.5, 0.6) is 0 Å². The van der Waals surface area contributed by atoms with E-state index in [0.29, 0.717) is 36.6 Å². The van der Waals surface area contributed by atoms with Crippen LogP contribution in [-0.4, -0.2) is 50.0 Å². The van der Waals surface area contributed by atoms with Gasteiger partial charge in [-0.25, -0.2) is 0 Å². The number of carbonyl (C=O) groups excluding carboxylic acids is 2. The Hall–Kier alpha value is -2.23. The van der Waals surface area contributed by atoms with E-state index in [9.17, 15) is 9.59 Å². The van der Waals surface area contributed by atoms with Crippen molar-refractivity contribution in [2.24, 2.45) is 4.99 Å². The zero-order valence-corrected chi connectivity index (χ0v) is 19.9. The second-order valence-electron chi connectivity index (χ2n) is 7.79. The largest absolute Gasteiger partial charge is 0.372 e. The van der Waals surface area contributed by atoms with Crippen molar-refractivity contribution < 1.29 is 14.3 Å². The molecule has 2 heterocycles. The normalized spacial score (nSPS) is 19.1. The molecular weight excluding hydrogens is 480 g/mol. The van der Waals surface area contributed by atoms with E-state index in [-0.39, 0.29) is 11.8 Å². The quantitative estimate of drug-likeness (QED) is 0.644. The average Bonchev–Trinajstić information content (AvgIpc) is 3.17. The molecule has 2 aromatic rings. The number of ether oxygens (including phenoxy) is 1. The number of benzene rings is 1. The Morgan fingerprint density at radius 2 is 2.06 bits per heavy atom. The van der Waals surface area contributed by atoms with Gasteiger partial charge >= 0.3 is 0 Å². The van der Waals surface area contributed by atoms with Gasteiger partial charge in [0, 0.05) is 25.0 Å². The molecule has 1 aliphatic heterocycles. The van der Waals surface area contributed by atoms with Gasteiger partial charge in [0.2, 0.25) is 5.91 Å². The molecule has 0 bridgehead atoms. The molecule has 1 aromatic heterocycles. The minimum atomic E-state index is -0.855. The highest BCUT2D eigenvalue weighted by atomic mass is 79.9. The lowest BCUT2D eigenvalue weighted by Gasteiger charge is -2.40. The standard InChI is InChI=1S/C22H25BrN4O3S/c1-14-12-15(4-5-16(14)27-10-11-30-13-19(27)24-2)25-21(29)22(8-3-9-22)26-20(28)17-6-7-18(23)31-17/h4-7,12H,3,8-11,13H2,1-2H3,(H,25,29)(H,26,28). The van der Waals surface area contributed by atoms with Gasteiger partial charge in [0.1, 0.15) is 18.0 Å². The van der Waals surface area contributed by atoms with Crippen molar-refractivity contribution in [3.8, 4) is 0 Å². The first-order valence-electron chi connectivity index (χ1n) is 10.2. The SMILES string of the molecule is CN=C1COCCN1c1ccc(NC(=O)C2(NC(=O)c3ccc(Br)s3)CCC2)cc1C. The summed E-state index contributed by atoms with van der Waals surface area (Å²) in [7, 11) is 1.77. The van der Waals surface area contributed by atoms with Crippen LogP contribution < -0.4 is 15.5 Å². The summed E-state index contributed by atoms with van der Waals surface area (Å²) in [5.41, 5.74) is 1.95. The Balaban J connectivity index is 1.47. The van der Waals surface area contributed by atoms with E-state index in [2.05, 4.69) is 36.5 Å². The molecule has 9 heteroatoms. The zero-order valence-electron chi connectivity index (χ0n) is 17.5. The summed E-state index contributed by atoms with van der Waals surface area (Å²) < 4.78 is 6.38. The molecule has 0 unspecified atom stereocenters. The minimum Gasteiger partial charge on any atom is -0.372 e. The molecule has 2 amide bonds. The van der Waals surface area contributed by atoms with Crippen molar-refractivity contribution in [1.82, 2.24) is 5.32 Å². The molecular formula is C22H25BrN4O3S. The van der Waals surface area contributed by atoms with Crippen molar-refractivity contribution in [2.45, 2.75) is 31.7 Å². The van der Waals surface area contributed by atoms with Crippen LogP contribution in [0.2, 0.25) is 0 Å². The van der Waals surface area contributed by atoms with E-state index in [1.54, 1.807) is 13.1 Å². The van der Waals surface area contributed by atoms with Crippen LogP contribution in [0.4, 0.5) is 11.4 Å². The smallest absolute Gasteiger partial charge is 0.262 e. The van der Waals surface area contributed by atoms with Crippen LogP contribution in [0.25, 0.3) is 0 Å². The van der Waals surface area contributed by atoms with Gasteiger partial charge in [0.15, 0.2) is 0 Å². The Morgan fingerprint density at radius 1 is 1.26 bits per heavy atom. The summed E-state index contributed by atoms with van der Waals surface area (Å²) in [6.45, 7) is 3.91. The molecule has 2 fully saturated rings. The van der Waals surface area contributed by atoms with E-state index in [1.807, 2.05) is 31.2 Å². The highest BCUT2D eigenvalue weighted by molar-refractivity contribution is 9.11. The topological polar surface area (TPSA) is 83.0 Å². The van der Waals surface area contributed by atoms with Crippen LogP contribution in [0.1, 0.15) is 34.5 Å². The third kappa shape index (κ3) is 4.53. The Labute approximate surface area is 194 Å². The van der Waals surface area contributed by atoms with E-state index in [4.69, 9.17) is 4.74 Å². The highest BCUT2D eigenvalue weighted by Gasteiger charge is 2.45. The molecule has 2 aliphatic rings. The monoisotopic (exact) mass is 504 g/mol.